The van der Waals surface area contributed by atoms with Crippen LogP contribution in [0.5, 0.6) is 5.75 Å². The summed E-state index contributed by atoms with van der Waals surface area (Å²) in [6.07, 6.45) is 2.13. The van der Waals surface area contributed by atoms with E-state index in [4.69, 9.17) is 0 Å². The molecule has 2 N–H and O–H groups in total. The van der Waals surface area contributed by atoms with Crippen molar-refractivity contribution in [3.05, 3.63) is 91.9 Å². The Morgan fingerprint density at radius 2 is 1.81 bits per heavy atom. The summed E-state index contributed by atoms with van der Waals surface area (Å²) in [6, 6.07) is 15.0. The van der Waals surface area contributed by atoms with Crippen molar-refractivity contribution in [3.63, 3.8) is 0 Å². The number of aromatic carboxylic acids is 1. The molecule has 0 amide bonds. The molecule has 2 aromatic carbocycles. The van der Waals surface area contributed by atoms with Crippen LogP contribution >= 0.6 is 0 Å². The van der Waals surface area contributed by atoms with Crippen LogP contribution in [-0.4, -0.2) is 25.7 Å². The quantitative estimate of drug-likeness (QED) is 0.414. The largest absolute Gasteiger partial charge is 0.502 e. The Labute approximate surface area is 178 Å². The van der Waals surface area contributed by atoms with Crippen molar-refractivity contribution in [1.82, 2.24) is 4.57 Å². The van der Waals surface area contributed by atoms with E-state index >= 15 is 0 Å². The molecular weight excluding hydrogens is 400 g/mol. The highest BCUT2D eigenvalue weighted by molar-refractivity contribution is 5.95. The van der Waals surface area contributed by atoms with Gasteiger partial charge in [0, 0.05) is 11.8 Å². The molecule has 0 aliphatic carbocycles. The number of carbonyl (C=O) groups is 1. The van der Waals surface area contributed by atoms with Crippen LogP contribution in [0.25, 0.3) is 11.1 Å². The first kappa shape index (κ1) is 21.8. The van der Waals surface area contributed by atoms with Crippen LogP contribution in [0.4, 0.5) is 5.69 Å². The molecule has 0 aliphatic rings. The zero-order chi connectivity index (χ0) is 22.5. The maximum absolute atomic E-state index is 12.7. The van der Waals surface area contributed by atoms with Crippen molar-refractivity contribution in [2.45, 2.75) is 32.7 Å². The Kier molecular flexibility index (Phi) is 6.49. The summed E-state index contributed by atoms with van der Waals surface area (Å²) in [4.78, 5) is 34.6. The molecule has 0 radical (unpaired) electrons. The number of carboxylic acids is 1. The molecule has 1 aromatic heterocycles. The van der Waals surface area contributed by atoms with Crippen molar-refractivity contribution >= 4 is 11.7 Å². The van der Waals surface area contributed by atoms with E-state index < -0.39 is 27.9 Å². The van der Waals surface area contributed by atoms with Gasteiger partial charge in [0.2, 0.25) is 5.75 Å². The second-order valence-corrected chi connectivity index (χ2v) is 7.17. The molecule has 160 valence electrons. The lowest BCUT2D eigenvalue weighted by atomic mass is 9.98. The third kappa shape index (κ3) is 4.63. The fourth-order valence-electron chi connectivity index (χ4n) is 3.48. The van der Waals surface area contributed by atoms with Gasteiger partial charge in [-0.25, -0.2) is 4.79 Å². The van der Waals surface area contributed by atoms with Crippen LogP contribution in [0, 0.1) is 10.1 Å². The van der Waals surface area contributed by atoms with Crippen LogP contribution in [0.3, 0.4) is 0 Å². The lowest BCUT2D eigenvalue weighted by molar-refractivity contribution is -0.387. The zero-order valence-corrected chi connectivity index (χ0v) is 16.9. The number of hydrogen-bond acceptors (Lipinski definition) is 5. The standard InChI is InChI=1S/C23H22N2O6/c1-2-3-6-17-13-20(26)21(25(30)31)22(27)24(17)14-15-9-11-16(12-10-15)18-7-4-5-8-19(18)23(28)29/h4-5,7-13,26H,2-3,6,14H2,1H3,(H,28,29). The number of aromatic hydroxyl groups is 1. The van der Waals surface area contributed by atoms with Crippen LogP contribution < -0.4 is 5.56 Å². The van der Waals surface area contributed by atoms with Crippen LogP contribution in [0.15, 0.2) is 59.4 Å². The van der Waals surface area contributed by atoms with E-state index in [2.05, 4.69) is 0 Å². The van der Waals surface area contributed by atoms with Crippen LogP contribution in [-0.2, 0) is 13.0 Å². The van der Waals surface area contributed by atoms with E-state index in [1.54, 1.807) is 42.5 Å². The third-order valence-corrected chi connectivity index (χ3v) is 5.07. The second-order valence-electron chi connectivity index (χ2n) is 7.17. The molecule has 0 aliphatic heterocycles. The summed E-state index contributed by atoms with van der Waals surface area (Å²) < 4.78 is 1.31. The van der Waals surface area contributed by atoms with E-state index in [1.807, 2.05) is 6.92 Å². The maximum Gasteiger partial charge on any atom is 0.375 e. The predicted molar refractivity (Wildman–Crippen MR) is 116 cm³/mol. The minimum absolute atomic E-state index is 0.0971. The first-order valence-electron chi connectivity index (χ1n) is 9.85. The summed E-state index contributed by atoms with van der Waals surface area (Å²) in [6.45, 7) is 2.08. The van der Waals surface area contributed by atoms with E-state index in [9.17, 15) is 29.9 Å². The number of unbranched alkanes of at least 4 members (excludes halogenated alkanes) is 1. The van der Waals surface area contributed by atoms with Gasteiger partial charge in [0.25, 0.3) is 0 Å². The highest BCUT2D eigenvalue weighted by Gasteiger charge is 2.24. The number of rotatable bonds is 8. The molecule has 3 aromatic rings. The normalized spacial score (nSPS) is 10.7. The number of nitrogens with zero attached hydrogens (tertiary/aromatic N) is 2. The lowest BCUT2D eigenvalue weighted by Crippen LogP contribution is -2.26. The van der Waals surface area contributed by atoms with Gasteiger partial charge in [0.1, 0.15) is 0 Å². The first-order valence-corrected chi connectivity index (χ1v) is 9.85. The number of carboxylic acid groups (broad SMARTS) is 1. The molecule has 0 bridgehead atoms. The predicted octanol–water partition coefficient (Wildman–Crippen LogP) is 4.22. The lowest BCUT2D eigenvalue weighted by Gasteiger charge is -2.14. The fraction of sp³-hybridized carbons (Fsp3) is 0.217. The minimum Gasteiger partial charge on any atom is -0.502 e. The molecule has 0 saturated carbocycles. The average molecular weight is 422 g/mol. The summed E-state index contributed by atoms with van der Waals surface area (Å²) >= 11 is 0. The van der Waals surface area contributed by atoms with Crippen molar-refractivity contribution < 1.29 is 19.9 Å². The monoisotopic (exact) mass is 422 g/mol. The molecule has 31 heavy (non-hydrogen) atoms. The Morgan fingerprint density at radius 3 is 2.42 bits per heavy atom. The molecule has 0 saturated heterocycles. The maximum atomic E-state index is 12.7. The van der Waals surface area contributed by atoms with E-state index in [0.29, 0.717) is 23.2 Å². The van der Waals surface area contributed by atoms with Gasteiger partial charge in [0.15, 0.2) is 0 Å². The molecule has 0 unspecified atom stereocenters. The van der Waals surface area contributed by atoms with Gasteiger partial charge in [-0.15, -0.1) is 0 Å². The van der Waals surface area contributed by atoms with Gasteiger partial charge >= 0.3 is 17.2 Å². The Bertz CT molecular complexity index is 1180. The van der Waals surface area contributed by atoms with Crippen molar-refractivity contribution in [1.29, 1.82) is 0 Å². The molecule has 0 fully saturated rings. The van der Waals surface area contributed by atoms with Crippen molar-refractivity contribution in [2.75, 3.05) is 0 Å². The molecule has 8 nitrogen and oxygen atoms in total. The molecule has 3 rings (SSSR count). The summed E-state index contributed by atoms with van der Waals surface area (Å²) in [7, 11) is 0. The third-order valence-electron chi connectivity index (χ3n) is 5.07. The first-order chi connectivity index (χ1) is 14.8. The van der Waals surface area contributed by atoms with Gasteiger partial charge in [-0.1, -0.05) is 55.8 Å². The fourth-order valence-corrected chi connectivity index (χ4v) is 3.48. The van der Waals surface area contributed by atoms with E-state index in [0.717, 1.165) is 18.4 Å². The van der Waals surface area contributed by atoms with Gasteiger partial charge in [-0.2, -0.15) is 0 Å². The van der Waals surface area contributed by atoms with Gasteiger partial charge in [-0.3, -0.25) is 14.9 Å². The molecule has 0 atom stereocenters. The summed E-state index contributed by atoms with van der Waals surface area (Å²) in [5, 5.41) is 30.6. The molecule has 1 heterocycles. The average Bonchev–Trinajstić information content (AvgIpc) is 2.74. The molecule has 0 spiro atoms. The summed E-state index contributed by atoms with van der Waals surface area (Å²) in [5.74, 6) is -1.65. The number of pyridine rings is 1. The Balaban J connectivity index is 1.99. The number of hydrogen-bond donors (Lipinski definition) is 2. The zero-order valence-electron chi connectivity index (χ0n) is 16.9. The van der Waals surface area contributed by atoms with Crippen molar-refractivity contribution in [3.8, 4) is 16.9 Å². The second kappa shape index (κ2) is 9.25. The van der Waals surface area contributed by atoms with Crippen LogP contribution in [0.1, 0.15) is 41.4 Å². The van der Waals surface area contributed by atoms with Crippen LogP contribution in [0.2, 0.25) is 0 Å². The Hall–Kier alpha value is -3.94. The number of nitro groups is 1. The highest BCUT2D eigenvalue weighted by atomic mass is 16.6. The number of aryl methyl sites for hydroxylation is 1. The van der Waals surface area contributed by atoms with Crippen molar-refractivity contribution in [2.24, 2.45) is 0 Å². The highest BCUT2D eigenvalue weighted by Crippen LogP contribution is 2.26. The van der Waals surface area contributed by atoms with Gasteiger partial charge < -0.3 is 14.8 Å². The van der Waals surface area contributed by atoms with Gasteiger partial charge in [-0.05, 0) is 35.6 Å². The molecule has 8 heteroatoms. The SMILES string of the molecule is CCCCc1cc(O)c([N+](=O)[O-])c(=O)n1Cc1ccc(-c2ccccc2C(=O)O)cc1. The van der Waals surface area contributed by atoms with Gasteiger partial charge in [0.05, 0.1) is 17.0 Å². The number of aromatic nitrogens is 1. The Morgan fingerprint density at radius 1 is 1.13 bits per heavy atom. The molecular formula is C23H22N2O6. The summed E-state index contributed by atoms with van der Waals surface area (Å²) in [5.41, 5.74) is 1.01. The topological polar surface area (TPSA) is 123 Å². The number of benzene rings is 2. The van der Waals surface area contributed by atoms with E-state index in [1.165, 1.54) is 16.7 Å². The van der Waals surface area contributed by atoms with E-state index in [-0.39, 0.29) is 12.1 Å². The minimum atomic E-state index is -1.02. The smallest absolute Gasteiger partial charge is 0.375 e.